The molecule has 0 N–H and O–H groups in total. The molecule has 0 atom stereocenters. The Balaban J connectivity index is 1.45. The number of nitrogens with zero attached hydrogens (tertiary/aromatic N) is 6. The van der Waals surface area contributed by atoms with E-state index in [4.69, 9.17) is 9.84 Å². The van der Waals surface area contributed by atoms with Crippen LogP contribution in [0.1, 0.15) is 51.3 Å². The highest BCUT2D eigenvalue weighted by molar-refractivity contribution is 5.83. The molecule has 5 rings (SSSR count). The zero-order valence-corrected chi connectivity index (χ0v) is 19.8. The van der Waals surface area contributed by atoms with Gasteiger partial charge in [-0.3, -0.25) is 4.68 Å². The molecule has 1 fully saturated rings. The fraction of sp³-hybridized carbons (Fsp3) is 0.440. The third-order valence-corrected chi connectivity index (χ3v) is 6.92. The lowest BCUT2D eigenvalue weighted by molar-refractivity contribution is -0.141. The molecule has 1 aliphatic rings. The van der Waals surface area contributed by atoms with Crippen LogP contribution in [0.2, 0.25) is 0 Å². The number of pyridine rings is 1. The predicted octanol–water partition coefficient (Wildman–Crippen LogP) is 6.09. The van der Waals surface area contributed by atoms with Gasteiger partial charge in [-0.2, -0.15) is 18.3 Å². The number of methoxy groups -OCH3 is 1. The number of fused-ring (bicyclic) bond motifs is 1. The summed E-state index contributed by atoms with van der Waals surface area (Å²) in [6.07, 6.45) is 3.69. The number of ether oxygens (including phenoxy) is 1. The Bertz CT molecular complexity index is 1330. The molecule has 3 heterocycles. The molecule has 0 radical (unpaired) electrons. The summed E-state index contributed by atoms with van der Waals surface area (Å²) < 4.78 is 48.3. The Hall–Kier alpha value is -3.43. The van der Waals surface area contributed by atoms with Crippen LogP contribution >= 0.6 is 0 Å². The van der Waals surface area contributed by atoms with Gasteiger partial charge in [-0.1, -0.05) is 25.1 Å². The van der Waals surface area contributed by atoms with Crippen molar-refractivity contribution in [3.8, 4) is 22.8 Å². The van der Waals surface area contributed by atoms with Crippen molar-refractivity contribution in [3.05, 3.63) is 48.4 Å². The molecule has 7 nitrogen and oxygen atoms in total. The molecule has 1 aliphatic carbocycles. The monoisotopic (exact) mass is 484 g/mol. The third-order valence-electron chi connectivity index (χ3n) is 6.92. The topological polar surface area (TPSA) is 70.7 Å². The highest BCUT2D eigenvalue weighted by Crippen LogP contribution is 2.37. The molecule has 184 valence electrons. The van der Waals surface area contributed by atoms with Crippen molar-refractivity contribution in [2.24, 2.45) is 11.8 Å². The van der Waals surface area contributed by atoms with E-state index in [0.717, 1.165) is 35.7 Å². The van der Waals surface area contributed by atoms with E-state index in [1.165, 1.54) is 29.7 Å². The minimum absolute atomic E-state index is 0.0935. The first-order valence-electron chi connectivity index (χ1n) is 11.8. The molecule has 10 heteroatoms. The first-order chi connectivity index (χ1) is 16.7. The number of alkyl halides is 3. The van der Waals surface area contributed by atoms with Crippen molar-refractivity contribution in [1.82, 2.24) is 29.8 Å². The van der Waals surface area contributed by atoms with E-state index in [2.05, 4.69) is 33.8 Å². The summed E-state index contributed by atoms with van der Waals surface area (Å²) in [4.78, 5) is 3.70. The SMILES string of the molecule is COc1cc2nn(C3CCC(C(C)C)CC3)cc2cc1-n1cc(-c2cccc(C(F)(F)F)n2)nn1. The number of rotatable bonds is 5. The molecule has 1 aromatic carbocycles. The van der Waals surface area contributed by atoms with E-state index < -0.39 is 11.9 Å². The van der Waals surface area contributed by atoms with Crippen molar-refractivity contribution in [1.29, 1.82) is 0 Å². The normalized spacial score (nSPS) is 18.9. The van der Waals surface area contributed by atoms with Crippen molar-refractivity contribution >= 4 is 10.9 Å². The maximum atomic E-state index is 13.1. The molecule has 35 heavy (non-hydrogen) atoms. The van der Waals surface area contributed by atoms with Crippen molar-refractivity contribution in [2.45, 2.75) is 51.7 Å². The largest absolute Gasteiger partial charge is 0.494 e. The molecule has 0 spiro atoms. The van der Waals surface area contributed by atoms with Crippen molar-refractivity contribution < 1.29 is 17.9 Å². The van der Waals surface area contributed by atoms with Gasteiger partial charge >= 0.3 is 6.18 Å². The second-order valence-corrected chi connectivity index (χ2v) is 9.46. The van der Waals surface area contributed by atoms with Crippen LogP contribution in [-0.4, -0.2) is 36.9 Å². The molecular weight excluding hydrogens is 457 g/mol. The summed E-state index contributed by atoms with van der Waals surface area (Å²) in [5.41, 5.74) is 0.787. The van der Waals surface area contributed by atoms with E-state index in [9.17, 15) is 13.2 Å². The van der Waals surface area contributed by atoms with Gasteiger partial charge in [-0.25, -0.2) is 9.67 Å². The number of hydrogen-bond acceptors (Lipinski definition) is 5. The standard InChI is InChI=1S/C25H27F3N6O/c1-15(2)16-7-9-18(10-8-16)33-13-17-11-22(23(35-3)12-20(17)31-33)34-14-21(30-32-34)19-5-4-6-24(29-19)25(26,27)28/h4-6,11-16,18H,7-10H2,1-3H3. The van der Waals surface area contributed by atoms with Crippen LogP contribution in [-0.2, 0) is 6.18 Å². The molecule has 0 saturated heterocycles. The Labute approximate surface area is 200 Å². The van der Waals surface area contributed by atoms with Gasteiger partial charge in [0.05, 0.1) is 30.6 Å². The second-order valence-electron chi connectivity index (χ2n) is 9.46. The van der Waals surface area contributed by atoms with E-state index in [-0.39, 0.29) is 11.4 Å². The van der Waals surface area contributed by atoms with Crippen molar-refractivity contribution in [3.63, 3.8) is 0 Å². The van der Waals surface area contributed by atoms with Gasteiger partial charge in [0, 0.05) is 17.6 Å². The fourth-order valence-corrected chi connectivity index (χ4v) is 4.86. The molecule has 4 aromatic rings. The number of aromatic nitrogens is 6. The molecule has 0 unspecified atom stereocenters. The lowest BCUT2D eigenvalue weighted by Crippen LogP contribution is -2.21. The summed E-state index contributed by atoms with van der Waals surface area (Å²) in [6.45, 7) is 4.58. The third kappa shape index (κ3) is 4.61. The smallest absolute Gasteiger partial charge is 0.433 e. The van der Waals surface area contributed by atoms with E-state index in [1.54, 1.807) is 13.3 Å². The summed E-state index contributed by atoms with van der Waals surface area (Å²) in [7, 11) is 1.56. The predicted molar refractivity (Wildman–Crippen MR) is 125 cm³/mol. The van der Waals surface area contributed by atoms with Gasteiger partial charge in [0.15, 0.2) is 0 Å². The number of hydrogen-bond donors (Lipinski definition) is 0. The lowest BCUT2D eigenvalue weighted by Gasteiger charge is -2.30. The van der Waals surface area contributed by atoms with Crippen LogP contribution < -0.4 is 4.74 Å². The Morgan fingerprint density at radius 1 is 1.03 bits per heavy atom. The molecule has 0 amide bonds. The first-order valence-corrected chi connectivity index (χ1v) is 11.8. The molecule has 1 saturated carbocycles. The molecular formula is C25H27F3N6O. The number of halogens is 3. The zero-order valence-electron chi connectivity index (χ0n) is 19.8. The average molecular weight is 485 g/mol. The minimum Gasteiger partial charge on any atom is -0.494 e. The van der Waals surface area contributed by atoms with Gasteiger partial charge in [-0.05, 0) is 55.7 Å². The van der Waals surface area contributed by atoms with Gasteiger partial charge in [-0.15, -0.1) is 5.10 Å². The highest BCUT2D eigenvalue weighted by Gasteiger charge is 2.32. The Kier molecular flexibility index (Phi) is 5.98. The average Bonchev–Trinajstić information content (AvgIpc) is 3.50. The molecule has 0 bridgehead atoms. The maximum absolute atomic E-state index is 13.1. The maximum Gasteiger partial charge on any atom is 0.433 e. The van der Waals surface area contributed by atoms with E-state index >= 15 is 0 Å². The van der Waals surface area contributed by atoms with Crippen LogP contribution in [0.25, 0.3) is 28.0 Å². The quantitative estimate of drug-likeness (QED) is 0.343. The molecule has 0 aliphatic heterocycles. The number of benzene rings is 1. The summed E-state index contributed by atoms with van der Waals surface area (Å²) >= 11 is 0. The summed E-state index contributed by atoms with van der Waals surface area (Å²) in [6, 6.07) is 7.84. The summed E-state index contributed by atoms with van der Waals surface area (Å²) in [5.74, 6) is 2.02. The summed E-state index contributed by atoms with van der Waals surface area (Å²) in [5, 5.41) is 13.9. The van der Waals surface area contributed by atoms with E-state index in [0.29, 0.717) is 23.4 Å². The fourth-order valence-electron chi connectivity index (χ4n) is 4.86. The highest BCUT2D eigenvalue weighted by atomic mass is 19.4. The van der Waals surface area contributed by atoms with Crippen LogP contribution in [0.3, 0.4) is 0 Å². The molecule has 3 aromatic heterocycles. The van der Waals surface area contributed by atoms with Crippen LogP contribution in [0.15, 0.2) is 42.7 Å². The van der Waals surface area contributed by atoms with E-state index in [1.807, 2.05) is 18.3 Å². The van der Waals surface area contributed by atoms with Gasteiger partial charge < -0.3 is 4.74 Å². The first kappa shape index (κ1) is 23.3. The Morgan fingerprint density at radius 2 is 1.80 bits per heavy atom. The van der Waals surface area contributed by atoms with Crippen LogP contribution in [0, 0.1) is 11.8 Å². The second kappa shape index (κ2) is 8.98. The Morgan fingerprint density at radius 3 is 2.49 bits per heavy atom. The van der Waals surface area contributed by atoms with Gasteiger partial charge in [0.25, 0.3) is 0 Å². The lowest BCUT2D eigenvalue weighted by atomic mass is 9.80. The van der Waals surface area contributed by atoms with Crippen molar-refractivity contribution in [2.75, 3.05) is 7.11 Å². The van der Waals surface area contributed by atoms with Crippen LogP contribution in [0.5, 0.6) is 5.75 Å². The van der Waals surface area contributed by atoms with Gasteiger partial charge in [0.1, 0.15) is 22.8 Å². The van der Waals surface area contributed by atoms with Gasteiger partial charge in [0.2, 0.25) is 0 Å². The van der Waals surface area contributed by atoms with Crippen LogP contribution in [0.4, 0.5) is 13.2 Å². The minimum atomic E-state index is -4.53. The zero-order chi connectivity index (χ0) is 24.7.